The van der Waals surface area contributed by atoms with Gasteiger partial charge in [0.05, 0.1) is 0 Å². The zero-order valence-corrected chi connectivity index (χ0v) is 17.9. The average Bonchev–Trinajstić information content (AvgIpc) is 2.82. The minimum Gasteiger partial charge on any atom is -0.483 e. The van der Waals surface area contributed by atoms with Gasteiger partial charge in [0.15, 0.2) is 34.8 Å². The van der Waals surface area contributed by atoms with Crippen molar-refractivity contribution >= 4 is 0 Å². The molecule has 0 amide bonds. The van der Waals surface area contributed by atoms with Crippen molar-refractivity contribution in [1.29, 1.82) is 0 Å². The van der Waals surface area contributed by atoms with Gasteiger partial charge in [0, 0.05) is 5.56 Å². The number of benzene rings is 4. The summed E-state index contributed by atoms with van der Waals surface area (Å²) >= 11 is 0. The summed E-state index contributed by atoms with van der Waals surface area (Å²) in [6.45, 7) is 1.71. The van der Waals surface area contributed by atoms with E-state index in [0.717, 1.165) is 12.1 Å². The van der Waals surface area contributed by atoms with Crippen LogP contribution in [0, 0.1) is 34.9 Å². The fraction of sp³-hybridized carbons (Fsp3) is 0.111. The summed E-state index contributed by atoms with van der Waals surface area (Å²) in [5.74, 6) is -7.16. The second kappa shape index (κ2) is 9.63. The van der Waals surface area contributed by atoms with Crippen LogP contribution in [-0.4, -0.2) is 0 Å². The fourth-order valence-electron chi connectivity index (χ4n) is 3.54. The van der Waals surface area contributed by atoms with Crippen LogP contribution in [0.5, 0.6) is 5.75 Å². The SMILES string of the molecule is CCc1cc(F)c(OCc2ccc(-c3ccc(-c4cc(F)c(F)c(F)c4)c(F)c3)cc2)c(F)c1. The zero-order chi connectivity index (χ0) is 24.4. The van der Waals surface area contributed by atoms with Gasteiger partial charge in [-0.2, -0.15) is 0 Å². The van der Waals surface area contributed by atoms with Gasteiger partial charge >= 0.3 is 0 Å². The molecule has 0 spiro atoms. The van der Waals surface area contributed by atoms with Gasteiger partial charge < -0.3 is 4.74 Å². The Morgan fingerprint density at radius 1 is 0.559 bits per heavy atom. The van der Waals surface area contributed by atoms with Gasteiger partial charge in [-0.1, -0.05) is 43.3 Å². The summed E-state index contributed by atoms with van der Waals surface area (Å²) < 4.78 is 88.3. The maximum atomic E-state index is 14.7. The first-order chi connectivity index (χ1) is 16.3. The molecule has 0 aliphatic heterocycles. The lowest BCUT2D eigenvalue weighted by Gasteiger charge is -2.11. The second-order valence-corrected chi connectivity index (χ2v) is 7.68. The fourth-order valence-corrected chi connectivity index (χ4v) is 3.54. The lowest BCUT2D eigenvalue weighted by Crippen LogP contribution is -2.01. The molecule has 0 aliphatic carbocycles. The van der Waals surface area contributed by atoms with Gasteiger partial charge in [0.2, 0.25) is 0 Å². The highest BCUT2D eigenvalue weighted by Gasteiger charge is 2.15. The predicted octanol–water partition coefficient (Wildman–Crippen LogP) is 8.00. The Hall–Kier alpha value is -3.74. The predicted molar refractivity (Wildman–Crippen MR) is 117 cm³/mol. The molecule has 0 aliphatic rings. The summed E-state index contributed by atoms with van der Waals surface area (Å²) in [6, 6.07) is 14.7. The molecule has 4 rings (SSSR count). The minimum absolute atomic E-state index is 0.0748. The van der Waals surface area contributed by atoms with E-state index in [-0.39, 0.29) is 17.7 Å². The molecular weight excluding hydrogens is 454 g/mol. The molecule has 174 valence electrons. The van der Waals surface area contributed by atoms with E-state index >= 15 is 0 Å². The third-order valence-corrected chi connectivity index (χ3v) is 5.40. The van der Waals surface area contributed by atoms with E-state index in [1.807, 2.05) is 0 Å². The first-order valence-corrected chi connectivity index (χ1v) is 10.4. The van der Waals surface area contributed by atoms with E-state index in [0.29, 0.717) is 28.7 Å². The minimum atomic E-state index is -1.62. The highest BCUT2D eigenvalue weighted by Crippen LogP contribution is 2.30. The Morgan fingerprint density at radius 2 is 1.12 bits per heavy atom. The molecule has 1 nitrogen and oxygen atoms in total. The largest absolute Gasteiger partial charge is 0.483 e. The van der Waals surface area contributed by atoms with Crippen LogP contribution in [0.25, 0.3) is 22.3 Å². The maximum absolute atomic E-state index is 14.7. The van der Waals surface area contributed by atoms with Gasteiger partial charge in [-0.25, -0.2) is 26.3 Å². The molecule has 0 saturated heterocycles. The van der Waals surface area contributed by atoms with Crippen LogP contribution >= 0.6 is 0 Å². The molecule has 0 bridgehead atoms. The number of ether oxygens (including phenoxy) is 1. The summed E-state index contributed by atoms with van der Waals surface area (Å²) in [6.07, 6.45) is 0.495. The van der Waals surface area contributed by atoms with Crippen molar-refractivity contribution in [2.75, 3.05) is 0 Å². The third kappa shape index (κ3) is 4.78. The van der Waals surface area contributed by atoms with Crippen LogP contribution in [0.15, 0.2) is 66.7 Å². The van der Waals surface area contributed by atoms with Crippen LogP contribution in [0.3, 0.4) is 0 Å². The van der Waals surface area contributed by atoms with Gasteiger partial charge in [-0.15, -0.1) is 0 Å². The summed E-state index contributed by atoms with van der Waals surface area (Å²) in [5, 5.41) is 0. The van der Waals surface area contributed by atoms with Crippen molar-refractivity contribution < 1.29 is 31.1 Å². The van der Waals surface area contributed by atoms with Crippen molar-refractivity contribution in [1.82, 2.24) is 0 Å². The molecule has 34 heavy (non-hydrogen) atoms. The number of hydrogen-bond acceptors (Lipinski definition) is 1. The lowest BCUT2D eigenvalue weighted by atomic mass is 9.99. The molecule has 0 N–H and O–H groups in total. The molecule has 7 heteroatoms. The molecule has 0 aromatic heterocycles. The van der Waals surface area contributed by atoms with E-state index < -0.39 is 40.7 Å². The Labute approximate surface area is 192 Å². The Kier molecular flexibility index (Phi) is 6.63. The van der Waals surface area contributed by atoms with Gasteiger partial charge in [-0.05, 0) is 64.6 Å². The topological polar surface area (TPSA) is 9.23 Å². The van der Waals surface area contributed by atoms with Crippen LogP contribution in [0.4, 0.5) is 26.3 Å². The van der Waals surface area contributed by atoms with Crippen molar-refractivity contribution in [3.8, 4) is 28.0 Å². The molecule has 0 saturated carbocycles. The Bertz CT molecular complexity index is 1300. The van der Waals surface area contributed by atoms with Crippen molar-refractivity contribution in [3.05, 3.63) is 113 Å². The molecule has 0 fully saturated rings. The standard InChI is InChI=1S/C27H18F6O/c1-2-15-9-24(31)27(25(32)10-15)34-14-16-3-5-17(6-4-16)18-7-8-20(21(28)11-18)19-12-22(29)26(33)23(30)13-19/h3-13H,2,14H2,1H3. The van der Waals surface area contributed by atoms with Crippen LogP contribution in [-0.2, 0) is 13.0 Å². The number of rotatable bonds is 6. The van der Waals surface area contributed by atoms with Gasteiger partial charge in [-0.3, -0.25) is 0 Å². The van der Waals surface area contributed by atoms with Crippen LogP contribution in [0.2, 0.25) is 0 Å². The summed E-state index contributed by atoms with van der Waals surface area (Å²) in [5.41, 5.74) is 2.08. The molecule has 4 aromatic rings. The summed E-state index contributed by atoms with van der Waals surface area (Å²) in [4.78, 5) is 0. The highest BCUT2D eigenvalue weighted by atomic mass is 19.2. The Balaban J connectivity index is 1.51. The molecule has 0 atom stereocenters. The third-order valence-electron chi connectivity index (χ3n) is 5.40. The molecular formula is C27H18F6O. The number of halogens is 6. The second-order valence-electron chi connectivity index (χ2n) is 7.68. The normalized spacial score (nSPS) is 11.0. The average molecular weight is 472 g/mol. The first-order valence-electron chi connectivity index (χ1n) is 10.4. The molecule has 4 aromatic carbocycles. The van der Waals surface area contributed by atoms with Crippen LogP contribution in [0.1, 0.15) is 18.1 Å². The molecule has 0 radical (unpaired) electrons. The van der Waals surface area contributed by atoms with Crippen LogP contribution < -0.4 is 4.74 Å². The first kappa shape index (κ1) is 23.4. The quantitative estimate of drug-likeness (QED) is 0.204. The van der Waals surface area contributed by atoms with Gasteiger partial charge in [0.25, 0.3) is 0 Å². The summed E-state index contributed by atoms with van der Waals surface area (Å²) in [7, 11) is 0. The number of hydrogen-bond donors (Lipinski definition) is 0. The van der Waals surface area contributed by atoms with E-state index in [9.17, 15) is 26.3 Å². The number of aryl methyl sites for hydroxylation is 1. The monoisotopic (exact) mass is 472 g/mol. The highest BCUT2D eigenvalue weighted by molar-refractivity contribution is 5.71. The lowest BCUT2D eigenvalue weighted by molar-refractivity contribution is 0.274. The van der Waals surface area contributed by atoms with E-state index in [2.05, 4.69) is 0 Å². The molecule has 0 unspecified atom stereocenters. The smallest absolute Gasteiger partial charge is 0.194 e. The van der Waals surface area contributed by atoms with Crippen molar-refractivity contribution in [2.24, 2.45) is 0 Å². The van der Waals surface area contributed by atoms with Gasteiger partial charge in [0.1, 0.15) is 12.4 Å². The van der Waals surface area contributed by atoms with E-state index in [1.165, 1.54) is 24.3 Å². The molecule has 0 heterocycles. The zero-order valence-electron chi connectivity index (χ0n) is 17.9. The maximum Gasteiger partial charge on any atom is 0.194 e. The van der Waals surface area contributed by atoms with Crippen molar-refractivity contribution in [2.45, 2.75) is 20.0 Å². The van der Waals surface area contributed by atoms with Crippen molar-refractivity contribution in [3.63, 3.8) is 0 Å². The Morgan fingerprint density at radius 3 is 1.68 bits per heavy atom. The van der Waals surface area contributed by atoms with E-state index in [4.69, 9.17) is 4.74 Å². The van der Waals surface area contributed by atoms with E-state index in [1.54, 1.807) is 37.3 Å².